The van der Waals surface area contributed by atoms with E-state index in [1.165, 1.54) is 12.8 Å². The Morgan fingerprint density at radius 2 is 2.18 bits per heavy atom. The summed E-state index contributed by atoms with van der Waals surface area (Å²) in [6.07, 6.45) is 4.85. The molecule has 2 aromatic heterocycles. The Morgan fingerprint density at radius 1 is 1.36 bits per heavy atom. The van der Waals surface area contributed by atoms with Crippen molar-refractivity contribution in [2.24, 2.45) is 0 Å². The number of anilines is 1. The van der Waals surface area contributed by atoms with Gasteiger partial charge in [-0.3, -0.25) is 0 Å². The SMILES string of the molecule is CO[C@H]1C[C@H](c2nc(C)no2)N(C(=O)NCc2ccc(N3CCCC3)nc2)C1. The predicted molar refractivity (Wildman–Crippen MR) is 102 cm³/mol. The van der Waals surface area contributed by atoms with E-state index in [2.05, 4.69) is 25.3 Å². The molecule has 2 atom stereocenters. The summed E-state index contributed by atoms with van der Waals surface area (Å²) in [5.41, 5.74) is 0.962. The molecule has 2 fully saturated rings. The maximum absolute atomic E-state index is 12.8. The van der Waals surface area contributed by atoms with Gasteiger partial charge in [0.05, 0.1) is 6.10 Å². The minimum atomic E-state index is -0.276. The van der Waals surface area contributed by atoms with Crippen LogP contribution in [0.5, 0.6) is 0 Å². The van der Waals surface area contributed by atoms with Gasteiger partial charge in [-0.15, -0.1) is 0 Å². The van der Waals surface area contributed by atoms with E-state index >= 15 is 0 Å². The van der Waals surface area contributed by atoms with Crippen LogP contribution in [-0.4, -0.2) is 58.9 Å². The van der Waals surface area contributed by atoms with E-state index in [9.17, 15) is 4.79 Å². The highest BCUT2D eigenvalue weighted by Crippen LogP contribution is 2.32. The van der Waals surface area contributed by atoms with Crippen LogP contribution in [0, 0.1) is 6.92 Å². The topological polar surface area (TPSA) is 96.6 Å². The molecule has 28 heavy (non-hydrogen) atoms. The number of nitrogens with one attached hydrogen (secondary N) is 1. The molecule has 0 bridgehead atoms. The Kier molecular flexibility index (Phi) is 5.43. The number of aromatic nitrogens is 3. The normalized spacial score (nSPS) is 22.1. The molecule has 4 heterocycles. The number of pyridine rings is 1. The first-order valence-electron chi connectivity index (χ1n) is 9.71. The number of hydrogen-bond acceptors (Lipinski definition) is 7. The molecule has 1 N–H and O–H groups in total. The van der Waals surface area contributed by atoms with E-state index in [1.54, 1.807) is 18.9 Å². The van der Waals surface area contributed by atoms with Crippen molar-refractivity contribution < 1.29 is 14.1 Å². The van der Waals surface area contributed by atoms with Gasteiger partial charge in [0.2, 0.25) is 5.89 Å². The van der Waals surface area contributed by atoms with Crippen LogP contribution in [0.25, 0.3) is 0 Å². The standard InChI is InChI=1S/C19H26N6O3/c1-13-22-18(28-23-13)16-9-15(27-2)12-25(16)19(26)21-11-14-5-6-17(20-10-14)24-7-3-4-8-24/h5-6,10,15-16H,3-4,7-9,11-12H2,1-2H3,(H,21,26)/t15-,16+/m0/s1. The number of urea groups is 1. The number of nitrogens with zero attached hydrogens (tertiary/aromatic N) is 5. The molecule has 2 aliphatic heterocycles. The van der Waals surface area contributed by atoms with E-state index in [1.807, 2.05) is 18.3 Å². The summed E-state index contributed by atoms with van der Waals surface area (Å²) in [4.78, 5) is 25.6. The smallest absolute Gasteiger partial charge is 0.318 e. The molecule has 2 saturated heterocycles. The molecule has 9 heteroatoms. The van der Waals surface area contributed by atoms with Crippen molar-refractivity contribution in [3.8, 4) is 0 Å². The van der Waals surface area contributed by atoms with Crippen molar-refractivity contribution in [2.45, 2.75) is 44.9 Å². The lowest BCUT2D eigenvalue weighted by molar-refractivity contribution is 0.110. The number of carbonyl (C=O) groups excluding carboxylic acids is 1. The number of rotatable bonds is 5. The van der Waals surface area contributed by atoms with Crippen molar-refractivity contribution in [1.29, 1.82) is 0 Å². The van der Waals surface area contributed by atoms with Gasteiger partial charge in [0.15, 0.2) is 5.82 Å². The zero-order valence-electron chi connectivity index (χ0n) is 16.3. The lowest BCUT2D eigenvalue weighted by atomic mass is 10.2. The second kappa shape index (κ2) is 8.14. The summed E-state index contributed by atoms with van der Waals surface area (Å²) < 4.78 is 10.7. The van der Waals surface area contributed by atoms with Gasteiger partial charge in [-0.25, -0.2) is 9.78 Å². The van der Waals surface area contributed by atoms with E-state index in [0.717, 1.165) is 24.5 Å². The highest BCUT2D eigenvalue weighted by molar-refractivity contribution is 5.75. The third kappa shape index (κ3) is 3.94. The van der Waals surface area contributed by atoms with Gasteiger partial charge in [0.1, 0.15) is 11.9 Å². The molecular weight excluding hydrogens is 360 g/mol. The first-order chi connectivity index (χ1) is 13.6. The number of amides is 2. The molecular formula is C19H26N6O3. The number of ether oxygens (including phenoxy) is 1. The zero-order chi connectivity index (χ0) is 19.5. The molecule has 4 rings (SSSR count). The lowest BCUT2D eigenvalue weighted by Gasteiger charge is -2.22. The highest BCUT2D eigenvalue weighted by atomic mass is 16.5. The van der Waals surface area contributed by atoms with Crippen LogP contribution < -0.4 is 10.2 Å². The van der Waals surface area contributed by atoms with Gasteiger partial charge in [-0.1, -0.05) is 11.2 Å². The molecule has 0 aromatic carbocycles. The average molecular weight is 386 g/mol. The van der Waals surface area contributed by atoms with E-state index in [-0.39, 0.29) is 18.2 Å². The van der Waals surface area contributed by atoms with Crippen molar-refractivity contribution in [2.75, 3.05) is 31.6 Å². The van der Waals surface area contributed by atoms with Crippen molar-refractivity contribution in [1.82, 2.24) is 25.3 Å². The van der Waals surface area contributed by atoms with Gasteiger partial charge in [0, 0.05) is 45.9 Å². The Bertz CT molecular complexity index is 802. The molecule has 0 unspecified atom stereocenters. The zero-order valence-corrected chi connectivity index (χ0v) is 16.3. The summed E-state index contributed by atoms with van der Waals surface area (Å²) in [5, 5.41) is 6.81. The van der Waals surface area contributed by atoms with Gasteiger partial charge < -0.3 is 24.4 Å². The number of hydrogen-bond donors (Lipinski definition) is 1. The summed E-state index contributed by atoms with van der Waals surface area (Å²) in [6, 6.07) is 3.58. The summed E-state index contributed by atoms with van der Waals surface area (Å²) in [5.74, 6) is 2.01. The molecule has 150 valence electrons. The van der Waals surface area contributed by atoms with Gasteiger partial charge >= 0.3 is 6.03 Å². The first kappa shape index (κ1) is 18.7. The number of methoxy groups -OCH3 is 1. The third-order valence-corrected chi connectivity index (χ3v) is 5.37. The molecule has 0 spiro atoms. The van der Waals surface area contributed by atoms with Crippen molar-refractivity contribution in [3.05, 3.63) is 35.6 Å². The lowest BCUT2D eigenvalue weighted by Crippen LogP contribution is -2.40. The maximum atomic E-state index is 12.8. The molecule has 0 saturated carbocycles. The van der Waals surface area contributed by atoms with Crippen molar-refractivity contribution in [3.63, 3.8) is 0 Å². The molecule has 0 aliphatic carbocycles. The average Bonchev–Trinajstić information content (AvgIpc) is 3.46. The van der Waals surface area contributed by atoms with Crippen LogP contribution in [-0.2, 0) is 11.3 Å². The molecule has 2 aromatic rings. The number of carbonyl (C=O) groups is 1. The summed E-state index contributed by atoms with van der Waals surface area (Å²) in [6.45, 7) is 4.79. The van der Waals surface area contributed by atoms with Crippen molar-refractivity contribution >= 4 is 11.8 Å². The number of likely N-dealkylation sites (tertiary alicyclic amines) is 1. The highest BCUT2D eigenvalue weighted by Gasteiger charge is 2.39. The molecule has 0 radical (unpaired) electrons. The molecule has 2 amide bonds. The number of aryl methyl sites for hydroxylation is 1. The van der Waals surface area contributed by atoms with Crippen LogP contribution >= 0.6 is 0 Å². The minimum Gasteiger partial charge on any atom is -0.380 e. The third-order valence-electron chi connectivity index (χ3n) is 5.37. The van der Waals surface area contributed by atoms with Gasteiger partial charge in [-0.05, 0) is 31.4 Å². The van der Waals surface area contributed by atoms with Crippen LogP contribution in [0.3, 0.4) is 0 Å². The summed E-state index contributed by atoms with van der Waals surface area (Å²) in [7, 11) is 1.65. The Hall–Kier alpha value is -2.68. The van der Waals surface area contributed by atoms with Gasteiger partial charge in [0.25, 0.3) is 0 Å². The van der Waals surface area contributed by atoms with Crippen LogP contribution in [0.15, 0.2) is 22.9 Å². The maximum Gasteiger partial charge on any atom is 0.318 e. The summed E-state index contributed by atoms with van der Waals surface area (Å²) >= 11 is 0. The Balaban J connectivity index is 1.37. The second-order valence-corrected chi connectivity index (χ2v) is 7.32. The van der Waals surface area contributed by atoms with E-state index in [4.69, 9.17) is 9.26 Å². The fraction of sp³-hybridized carbons (Fsp3) is 0.579. The van der Waals surface area contributed by atoms with E-state index in [0.29, 0.717) is 31.2 Å². The fourth-order valence-electron chi connectivity index (χ4n) is 3.81. The minimum absolute atomic E-state index is 0.0515. The second-order valence-electron chi connectivity index (χ2n) is 7.32. The fourth-order valence-corrected chi connectivity index (χ4v) is 3.81. The molecule has 2 aliphatic rings. The van der Waals surface area contributed by atoms with Gasteiger partial charge in [-0.2, -0.15) is 4.98 Å². The molecule has 9 nitrogen and oxygen atoms in total. The predicted octanol–water partition coefficient (Wildman–Crippen LogP) is 2.04. The van der Waals surface area contributed by atoms with Crippen LogP contribution in [0.2, 0.25) is 0 Å². The first-order valence-corrected chi connectivity index (χ1v) is 9.71. The Morgan fingerprint density at radius 3 is 2.82 bits per heavy atom. The van der Waals surface area contributed by atoms with Crippen LogP contribution in [0.1, 0.15) is 42.6 Å². The quantitative estimate of drug-likeness (QED) is 0.840. The van der Waals surface area contributed by atoms with E-state index < -0.39 is 0 Å². The monoisotopic (exact) mass is 386 g/mol. The Labute approximate surface area is 164 Å². The largest absolute Gasteiger partial charge is 0.380 e. The van der Waals surface area contributed by atoms with Crippen LogP contribution in [0.4, 0.5) is 10.6 Å².